The maximum absolute atomic E-state index is 12.1. The fraction of sp³-hybridized carbons (Fsp3) is 0.250. The zero-order chi connectivity index (χ0) is 20.8. The molecule has 1 aromatic heterocycles. The van der Waals surface area contributed by atoms with Crippen LogP contribution in [0.3, 0.4) is 0 Å². The van der Waals surface area contributed by atoms with Crippen molar-refractivity contribution < 1.29 is 9.53 Å². The molecule has 3 aromatic rings. The van der Waals surface area contributed by atoms with Crippen molar-refractivity contribution in [2.24, 2.45) is 0 Å². The van der Waals surface area contributed by atoms with Gasteiger partial charge in [0, 0.05) is 5.69 Å². The van der Waals surface area contributed by atoms with Crippen LogP contribution in [0.1, 0.15) is 36.8 Å². The lowest BCUT2D eigenvalue weighted by Gasteiger charge is -2.10. The molecule has 0 unspecified atom stereocenters. The second-order valence-corrected chi connectivity index (χ2v) is 8.25. The molecule has 2 amide bonds. The highest BCUT2D eigenvalue weighted by Crippen LogP contribution is 2.26. The Morgan fingerprint density at radius 2 is 1.86 bits per heavy atom. The molecule has 152 valence electrons. The van der Waals surface area contributed by atoms with Crippen molar-refractivity contribution in [3.63, 3.8) is 0 Å². The van der Waals surface area contributed by atoms with Crippen molar-refractivity contribution in [1.29, 1.82) is 0 Å². The van der Waals surface area contributed by atoms with Crippen LogP contribution in [0.5, 0.6) is 5.75 Å². The highest BCUT2D eigenvalue weighted by molar-refractivity contribution is 7.15. The Kier molecular flexibility index (Phi) is 7.30. The minimum Gasteiger partial charge on any atom is -0.486 e. The number of aromatic nitrogens is 2. The zero-order valence-corrected chi connectivity index (χ0v) is 18.2. The quantitative estimate of drug-likeness (QED) is 0.425. The summed E-state index contributed by atoms with van der Waals surface area (Å²) in [6.45, 7) is 4.64. The SMILES string of the molecule is CC[C@H](C)c1ccc(OCc2nnc(NC(=O)Nc3ccc(Cl)c(Cl)c3)s2)cc1. The molecule has 3 rings (SSSR count). The molecule has 0 bridgehead atoms. The smallest absolute Gasteiger partial charge is 0.325 e. The van der Waals surface area contributed by atoms with Crippen molar-refractivity contribution in [2.45, 2.75) is 32.8 Å². The summed E-state index contributed by atoms with van der Waals surface area (Å²) < 4.78 is 5.75. The molecular formula is C20H20Cl2N4O2S. The van der Waals surface area contributed by atoms with Crippen LogP contribution in [0.4, 0.5) is 15.6 Å². The van der Waals surface area contributed by atoms with E-state index in [0.29, 0.717) is 31.8 Å². The highest BCUT2D eigenvalue weighted by atomic mass is 35.5. The van der Waals surface area contributed by atoms with Crippen LogP contribution >= 0.6 is 34.5 Å². The number of rotatable bonds is 7. The number of hydrogen-bond acceptors (Lipinski definition) is 5. The van der Waals surface area contributed by atoms with Crippen LogP contribution in [0.15, 0.2) is 42.5 Å². The fourth-order valence-corrected chi connectivity index (χ4v) is 3.42. The molecule has 29 heavy (non-hydrogen) atoms. The molecule has 2 aromatic carbocycles. The van der Waals surface area contributed by atoms with Crippen LogP contribution in [-0.2, 0) is 6.61 Å². The Hall–Kier alpha value is -2.35. The van der Waals surface area contributed by atoms with E-state index in [0.717, 1.165) is 12.2 Å². The molecular weight excluding hydrogens is 431 g/mol. The van der Waals surface area contributed by atoms with Gasteiger partial charge in [0.25, 0.3) is 0 Å². The van der Waals surface area contributed by atoms with Gasteiger partial charge in [0.05, 0.1) is 10.0 Å². The van der Waals surface area contributed by atoms with Gasteiger partial charge in [0.1, 0.15) is 12.4 Å². The van der Waals surface area contributed by atoms with Gasteiger partial charge in [0.15, 0.2) is 5.01 Å². The van der Waals surface area contributed by atoms with E-state index >= 15 is 0 Å². The number of hydrogen-bond donors (Lipinski definition) is 2. The number of halogens is 2. The topological polar surface area (TPSA) is 76.1 Å². The summed E-state index contributed by atoms with van der Waals surface area (Å²) >= 11 is 13.0. The molecule has 0 saturated heterocycles. The lowest BCUT2D eigenvalue weighted by atomic mass is 9.99. The first-order valence-corrected chi connectivity index (χ1v) is 10.6. The molecule has 0 aliphatic heterocycles. The molecule has 0 fully saturated rings. The number of amides is 2. The first-order valence-electron chi connectivity index (χ1n) is 9.02. The number of carbonyl (C=O) groups is 1. The van der Waals surface area contributed by atoms with Crippen molar-refractivity contribution in [2.75, 3.05) is 10.6 Å². The van der Waals surface area contributed by atoms with Crippen LogP contribution in [0.2, 0.25) is 10.0 Å². The monoisotopic (exact) mass is 450 g/mol. The normalized spacial score (nSPS) is 11.7. The number of anilines is 2. The highest BCUT2D eigenvalue weighted by Gasteiger charge is 2.10. The molecule has 6 nitrogen and oxygen atoms in total. The summed E-state index contributed by atoms with van der Waals surface area (Å²) in [6.07, 6.45) is 1.10. The van der Waals surface area contributed by atoms with Gasteiger partial charge in [0.2, 0.25) is 5.13 Å². The number of carbonyl (C=O) groups excluding carboxylic acids is 1. The van der Waals surface area contributed by atoms with E-state index in [1.54, 1.807) is 18.2 Å². The fourth-order valence-electron chi connectivity index (χ4n) is 2.47. The van der Waals surface area contributed by atoms with Gasteiger partial charge in [-0.2, -0.15) is 0 Å². The van der Waals surface area contributed by atoms with E-state index in [1.165, 1.54) is 16.9 Å². The first kappa shape index (κ1) is 21.4. The van der Waals surface area contributed by atoms with Gasteiger partial charge in [-0.3, -0.25) is 5.32 Å². The van der Waals surface area contributed by atoms with E-state index in [9.17, 15) is 4.79 Å². The average Bonchev–Trinajstić information content (AvgIpc) is 3.16. The Morgan fingerprint density at radius 3 is 2.55 bits per heavy atom. The summed E-state index contributed by atoms with van der Waals surface area (Å²) in [7, 11) is 0. The van der Waals surface area contributed by atoms with Crippen molar-refractivity contribution in [1.82, 2.24) is 10.2 Å². The van der Waals surface area contributed by atoms with Gasteiger partial charge in [-0.15, -0.1) is 10.2 Å². The predicted octanol–water partition coefficient (Wildman–Crippen LogP) is 6.58. The largest absolute Gasteiger partial charge is 0.486 e. The molecule has 0 radical (unpaired) electrons. The number of urea groups is 1. The second kappa shape index (κ2) is 9.91. The Morgan fingerprint density at radius 1 is 1.10 bits per heavy atom. The number of ether oxygens (including phenoxy) is 1. The number of benzene rings is 2. The minimum absolute atomic E-state index is 0.274. The summed E-state index contributed by atoms with van der Waals surface area (Å²) in [6, 6.07) is 12.4. The third-order valence-electron chi connectivity index (χ3n) is 4.29. The Bertz CT molecular complexity index is 979. The third-order valence-corrected chi connectivity index (χ3v) is 5.84. The standard InChI is InChI=1S/C20H20Cl2N4O2S/c1-3-12(2)13-4-7-15(8-5-13)28-11-18-25-26-20(29-18)24-19(27)23-14-6-9-16(21)17(22)10-14/h4-10,12H,3,11H2,1-2H3,(H2,23,24,26,27)/t12-/m0/s1. The second-order valence-electron chi connectivity index (χ2n) is 6.38. The minimum atomic E-state index is -0.451. The van der Waals surface area contributed by atoms with E-state index in [2.05, 4.69) is 46.8 Å². The Labute approximate surface area is 183 Å². The summed E-state index contributed by atoms with van der Waals surface area (Å²) in [4.78, 5) is 12.1. The van der Waals surface area contributed by atoms with Crippen LogP contribution in [-0.4, -0.2) is 16.2 Å². The lowest BCUT2D eigenvalue weighted by Crippen LogP contribution is -2.19. The van der Waals surface area contributed by atoms with E-state index in [1.807, 2.05) is 12.1 Å². The van der Waals surface area contributed by atoms with Crippen LogP contribution < -0.4 is 15.4 Å². The van der Waals surface area contributed by atoms with Gasteiger partial charge in [-0.25, -0.2) is 4.79 Å². The molecule has 1 heterocycles. The molecule has 0 saturated carbocycles. The molecule has 2 N–H and O–H groups in total. The van der Waals surface area contributed by atoms with Crippen molar-refractivity contribution in [3.8, 4) is 5.75 Å². The molecule has 0 aliphatic carbocycles. The molecule has 9 heteroatoms. The van der Waals surface area contributed by atoms with E-state index in [-0.39, 0.29) is 6.61 Å². The number of nitrogens with zero attached hydrogens (tertiary/aromatic N) is 2. The average molecular weight is 451 g/mol. The Balaban J connectivity index is 1.51. The first-order chi connectivity index (χ1) is 13.9. The molecule has 0 aliphatic rings. The van der Waals surface area contributed by atoms with Gasteiger partial charge >= 0.3 is 6.03 Å². The number of nitrogens with one attached hydrogen (secondary N) is 2. The van der Waals surface area contributed by atoms with Gasteiger partial charge in [-0.05, 0) is 48.2 Å². The van der Waals surface area contributed by atoms with Crippen molar-refractivity contribution in [3.05, 3.63) is 63.1 Å². The maximum atomic E-state index is 12.1. The maximum Gasteiger partial charge on any atom is 0.325 e. The summed E-state index contributed by atoms with van der Waals surface area (Å²) in [5.41, 5.74) is 1.81. The van der Waals surface area contributed by atoms with Gasteiger partial charge in [-0.1, -0.05) is 60.5 Å². The lowest BCUT2D eigenvalue weighted by molar-refractivity contribution is 0.262. The van der Waals surface area contributed by atoms with E-state index in [4.69, 9.17) is 27.9 Å². The molecule has 1 atom stereocenters. The van der Waals surface area contributed by atoms with Gasteiger partial charge < -0.3 is 10.1 Å². The van der Waals surface area contributed by atoms with Crippen LogP contribution in [0, 0.1) is 0 Å². The van der Waals surface area contributed by atoms with Crippen molar-refractivity contribution >= 4 is 51.4 Å². The zero-order valence-electron chi connectivity index (χ0n) is 15.9. The summed E-state index contributed by atoms with van der Waals surface area (Å²) in [5.74, 6) is 1.29. The third kappa shape index (κ3) is 6.06. The van der Waals surface area contributed by atoms with E-state index < -0.39 is 6.03 Å². The van der Waals surface area contributed by atoms with Crippen LogP contribution in [0.25, 0.3) is 0 Å². The predicted molar refractivity (Wildman–Crippen MR) is 118 cm³/mol. The summed E-state index contributed by atoms with van der Waals surface area (Å²) in [5, 5.41) is 15.1. The molecule has 0 spiro atoms.